The number of amides is 1. The maximum atomic E-state index is 12.9. The van der Waals surface area contributed by atoms with Crippen LogP contribution in [0.5, 0.6) is 0 Å². The van der Waals surface area contributed by atoms with E-state index in [-0.39, 0.29) is 30.0 Å². The Morgan fingerprint density at radius 3 is 2.67 bits per heavy atom. The van der Waals surface area contributed by atoms with E-state index in [1.54, 1.807) is 6.20 Å². The van der Waals surface area contributed by atoms with Crippen LogP contribution in [0.25, 0.3) is 5.57 Å². The van der Waals surface area contributed by atoms with Gasteiger partial charge < -0.3 is 20.4 Å². The zero-order chi connectivity index (χ0) is 27.9. The third kappa shape index (κ3) is 5.38. The number of aromatic nitrogens is 1. The fourth-order valence-corrected chi connectivity index (χ4v) is 6.17. The number of nitrogens with one attached hydrogen (secondary N) is 2. The van der Waals surface area contributed by atoms with Crippen LogP contribution in [0.3, 0.4) is 0 Å². The first-order chi connectivity index (χ1) is 18.5. The lowest BCUT2D eigenvalue weighted by Gasteiger charge is -2.41. The smallest absolute Gasteiger partial charge is 0.226 e. The van der Waals surface area contributed by atoms with Crippen LogP contribution in [-0.2, 0) is 4.79 Å². The molecule has 0 unspecified atom stereocenters. The molecular weight excluding hydrogens is 526 g/mol. The van der Waals surface area contributed by atoms with Crippen LogP contribution in [-0.4, -0.2) is 40.0 Å². The molecule has 2 atom stereocenters. The number of likely N-dealkylation sites (N-methyl/N-ethyl adjacent to an activating group) is 1. The average molecular weight is 560 g/mol. The van der Waals surface area contributed by atoms with Crippen molar-refractivity contribution in [2.75, 3.05) is 23.8 Å². The van der Waals surface area contributed by atoms with Gasteiger partial charge in [-0.2, -0.15) is 0 Å². The topological polar surface area (TPSA) is 60.5 Å². The molecule has 8 heteroatoms. The average Bonchev–Trinajstić information content (AvgIpc) is 3.22. The highest BCUT2D eigenvalue weighted by atomic mass is 35.5. The Kier molecular flexibility index (Phi) is 7.40. The molecule has 0 spiro atoms. The van der Waals surface area contributed by atoms with Crippen molar-refractivity contribution in [1.29, 1.82) is 0 Å². The summed E-state index contributed by atoms with van der Waals surface area (Å²) in [4.78, 5) is 21.9. The fourth-order valence-electron chi connectivity index (χ4n) is 5.57. The fraction of sp³-hybridized carbons (Fsp3) is 0.323. The van der Waals surface area contributed by atoms with Gasteiger partial charge in [0.25, 0.3) is 0 Å². The molecule has 1 saturated heterocycles. The molecule has 2 aliphatic rings. The van der Waals surface area contributed by atoms with Crippen LogP contribution in [0.2, 0.25) is 5.02 Å². The van der Waals surface area contributed by atoms with Gasteiger partial charge in [-0.05, 0) is 93.0 Å². The van der Waals surface area contributed by atoms with E-state index in [1.165, 1.54) is 5.57 Å². The first kappa shape index (κ1) is 27.2. The number of aryl methyl sites for hydroxylation is 1. The van der Waals surface area contributed by atoms with Gasteiger partial charge >= 0.3 is 0 Å². The highest BCUT2D eigenvalue weighted by Crippen LogP contribution is 2.46. The minimum absolute atomic E-state index is 0.0670. The summed E-state index contributed by atoms with van der Waals surface area (Å²) in [6.07, 6.45) is 4.35. The van der Waals surface area contributed by atoms with Crippen molar-refractivity contribution in [2.24, 2.45) is 0 Å². The molecule has 0 aliphatic carbocycles. The first-order valence-corrected chi connectivity index (χ1v) is 14.0. The van der Waals surface area contributed by atoms with E-state index >= 15 is 0 Å². The number of rotatable bonds is 6. The molecule has 0 saturated carbocycles. The summed E-state index contributed by atoms with van der Waals surface area (Å²) < 4.78 is 0. The predicted molar refractivity (Wildman–Crippen MR) is 164 cm³/mol. The zero-order valence-electron chi connectivity index (χ0n) is 23.0. The van der Waals surface area contributed by atoms with Crippen LogP contribution >= 0.6 is 23.8 Å². The van der Waals surface area contributed by atoms with Crippen molar-refractivity contribution in [2.45, 2.75) is 51.7 Å². The number of nitrogens with zero attached hydrogens (tertiary/aromatic N) is 3. The standard InChI is InChI=1S/C31H34ClN5OS/c1-19-9-8-10-21(15-19)34-27(38)12-14-37-29(28(35-30(37)39)25-11-6-7-13-33-25)23-16-22-20(2)18-31(3,4)36(5)26(22)17-24(23)32/h6-11,13,15-18,28-29H,12,14H2,1-5H3,(H,34,38)(H,35,39)/t28-,29-/m0/s1. The monoisotopic (exact) mass is 559 g/mol. The lowest BCUT2D eigenvalue weighted by atomic mass is 9.86. The quantitative estimate of drug-likeness (QED) is 0.329. The van der Waals surface area contributed by atoms with E-state index in [0.29, 0.717) is 16.7 Å². The lowest BCUT2D eigenvalue weighted by Crippen LogP contribution is -2.42. The molecule has 39 heavy (non-hydrogen) atoms. The largest absolute Gasteiger partial charge is 0.365 e. The molecule has 202 valence electrons. The molecular formula is C31H34ClN5OS. The van der Waals surface area contributed by atoms with Crippen LogP contribution in [0.15, 0.2) is 66.9 Å². The molecule has 2 aliphatic heterocycles. The number of thiocarbonyl (C=S) groups is 1. The molecule has 0 bridgehead atoms. The molecule has 5 rings (SSSR count). The second-order valence-corrected chi connectivity index (χ2v) is 11.7. The van der Waals surface area contributed by atoms with Crippen LogP contribution < -0.4 is 15.5 Å². The van der Waals surface area contributed by atoms with Gasteiger partial charge in [0.15, 0.2) is 5.11 Å². The van der Waals surface area contributed by atoms with Gasteiger partial charge in [0.2, 0.25) is 5.91 Å². The number of hydrogen-bond acceptors (Lipinski definition) is 4. The third-order valence-corrected chi connectivity index (χ3v) is 8.41. The molecule has 1 aromatic heterocycles. The van der Waals surface area contributed by atoms with Gasteiger partial charge in [-0.15, -0.1) is 0 Å². The van der Waals surface area contributed by atoms with Crippen LogP contribution in [0, 0.1) is 6.92 Å². The Morgan fingerprint density at radius 1 is 1.15 bits per heavy atom. The van der Waals surface area contributed by atoms with E-state index in [0.717, 1.165) is 33.8 Å². The molecule has 2 N–H and O–H groups in total. The molecule has 3 heterocycles. The van der Waals surface area contributed by atoms with Crippen molar-refractivity contribution in [3.8, 4) is 0 Å². The third-order valence-electron chi connectivity index (χ3n) is 7.73. The number of benzene rings is 2. The van der Waals surface area contributed by atoms with E-state index in [1.807, 2.05) is 49.4 Å². The SMILES string of the molecule is CC1=CC(C)(C)N(C)c2cc(Cl)c([C@H]3[C@H](c4ccccn4)NC(=S)N3CCC(=O)Nc3cccc(C)c3)cc21. The molecule has 6 nitrogen and oxygen atoms in total. The summed E-state index contributed by atoms with van der Waals surface area (Å²) in [6, 6.07) is 17.5. The minimum Gasteiger partial charge on any atom is -0.365 e. The van der Waals surface area contributed by atoms with Gasteiger partial charge in [-0.1, -0.05) is 35.9 Å². The number of anilines is 2. The lowest BCUT2D eigenvalue weighted by molar-refractivity contribution is -0.116. The highest BCUT2D eigenvalue weighted by Gasteiger charge is 2.41. The Morgan fingerprint density at radius 2 is 1.95 bits per heavy atom. The molecule has 1 amide bonds. The number of hydrogen-bond donors (Lipinski definition) is 2. The van der Waals surface area contributed by atoms with Crippen molar-refractivity contribution >= 4 is 51.8 Å². The Labute approximate surface area is 241 Å². The summed E-state index contributed by atoms with van der Waals surface area (Å²) in [5.41, 5.74) is 7.04. The molecule has 0 radical (unpaired) electrons. The maximum Gasteiger partial charge on any atom is 0.226 e. The zero-order valence-corrected chi connectivity index (χ0v) is 24.5. The van der Waals surface area contributed by atoms with Gasteiger partial charge in [-0.3, -0.25) is 9.78 Å². The number of allylic oxidation sites excluding steroid dienone is 1. The number of halogens is 1. The van der Waals surface area contributed by atoms with Crippen LogP contribution in [0.1, 0.15) is 61.7 Å². The molecule has 2 aromatic carbocycles. The summed E-state index contributed by atoms with van der Waals surface area (Å²) >= 11 is 12.9. The van der Waals surface area contributed by atoms with E-state index < -0.39 is 0 Å². The number of carbonyl (C=O) groups excluding carboxylic acids is 1. The Hall–Kier alpha value is -3.42. The van der Waals surface area contributed by atoms with E-state index in [2.05, 4.69) is 71.4 Å². The molecule has 3 aromatic rings. The molecule has 1 fully saturated rings. The van der Waals surface area contributed by atoms with Gasteiger partial charge in [0.05, 0.1) is 23.3 Å². The number of carbonyl (C=O) groups is 1. The Bertz CT molecular complexity index is 1450. The van der Waals surface area contributed by atoms with Crippen LogP contribution in [0.4, 0.5) is 11.4 Å². The van der Waals surface area contributed by atoms with Crippen molar-refractivity contribution in [3.05, 3.63) is 94.3 Å². The second-order valence-electron chi connectivity index (χ2n) is 10.9. The number of fused-ring (bicyclic) bond motifs is 1. The minimum atomic E-state index is -0.231. The maximum absolute atomic E-state index is 12.9. The van der Waals surface area contributed by atoms with E-state index in [9.17, 15) is 4.79 Å². The normalized spacial score (nSPS) is 19.8. The van der Waals surface area contributed by atoms with Crippen molar-refractivity contribution < 1.29 is 4.79 Å². The van der Waals surface area contributed by atoms with Crippen molar-refractivity contribution in [3.63, 3.8) is 0 Å². The second kappa shape index (κ2) is 10.6. The van der Waals surface area contributed by atoms with E-state index in [4.69, 9.17) is 23.8 Å². The summed E-state index contributed by atoms with van der Waals surface area (Å²) in [5, 5.41) is 7.72. The Balaban J connectivity index is 1.49. The summed E-state index contributed by atoms with van der Waals surface area (Å²) in [7, 11) is 2.10. The van der Waals surface area contributed by atoms with Gasteiger partial charge in [0, 0.05) is 48.2 Å². The summed E-state index contributed by atoms with van der Waals surface area (Å²) in [5.74, 6) is -0.0670. The van der Waals surface area contributed by atoms with Crippen molar-refractivity contribution in [1.82, 2.24) is 15.2 Å². The van der Waals surface area contributed by atoms with Gasteiger partial charge in [-0.25, -0.2) is 0 Å². The highest BCUT2D eigenvalue weighted by molar-refractivity contribution is 7.80. The summed E-state index contributed by atoms with van der Waals surface area (Å²) in [6.45, 7) is 8.98. The van der Waals surface area contributed by atoms with Gasteiger partial charge in [0.1, 0.15) is 0 Å². The number of pyridine rings is 1. The predicted octanol–water partition coefficient (Wildman–Crippen LogP) is 6.68. The first-order valence-electron chi connectivity index (χ1n) is 13.2.